The number of carboxylic acid groups (broad SMARTS) is 2. The minimum atomic E-state index is -1.32. The fourth-order valence-electron chi connectivity index (χ4n) is 9.19. The van der Waals surface area contributed by atoms with Crippen molar-refractivity contribution in [3.63, 3.8) is 0 Å². The highest BCUT2D eigenvalue weighted by Gasteiger charge is 2.38. The molecule has 5 aromatic heterocycles. The summed E-state index contributed by atoms with van der Waals surface area (Å²) in [5.74, 6) is -2.45. The van der Waals surface area contributed by atoms with Crippen LogP contribution in [0.25, 0.3) is 33.7 Å². The quantitative estimate of drug-likeness (QED) is 0.0439. The molecule has 2 saturated heterocycles. The summed E-state index contributed by atoms with van der Waals surface area (Å²) >= 11 is 0. The predicted octanol–water partition coefficient (Wildman–Crippen LogP) is 4.26. The zero-order valence-electron chi connectivity index (χ0n) is 39.7. The number of ketones is 2. The Hall–Kier alpha value is -8.97. The molecular weight excluding hydrogens is 973 g/mol. The van der Waals surface area contributed by atoms with Gasteiger partial charge in [0.15, 0.2) is 52.8 Å². The Morgan fingerprint density at radius 1 is 0.627 bits per heavy atom. The Morgan fingerprint density at radius 2 is 1.24 bits per heavy atom. The van der Waals surface area contributed by atoms with E-state index in [1.54, 1.807) is 47.0 Å². The molecule has 10 rings (SSSR count). The third-order valence-corrected chi connectivity index (χ3v) is 13.0. The number of hydrogen-bond acceptors (Lipinski definition) is 20. The number of anilines is 3. The van der Waals surface area contributed by atoms with Crippen LogP contribution in [-0.4, -0.2) is 126 Å². The van der Waals surface area contributed by atoms with Crippen LogP contribution in [-0.2, 0) is 22.3 Å². The molecular formula is C51H48N12O12. The number of benzene rings is 3. The molecule has 0 spiro atoms. The van der Waals surface area contributed by atoms with Gasteiger partial charge >= 0.3 is 11.9 Å². The number of nitrogen functional groups attached to an aromatic ring is 3. The second-order valence-corrected chi connectivity index (χ2v) is 18.0. The first kappa shape index (κ1) is 49.6. The average molecular weight is 1020 g/mol. The summed E-state index contributed by atoms with van der Waals surface area (Å²) in [6.45, 7) is 0.0485. The summed E-state index contributed by atoms with van der Waals surface area (Å²) in [7, 11) is 0. The monoisotopic (exact) mass is 1020 g/mol. The van der Waals surface area contributed by atoms with E-state index in [0.29, 0.717) is 34.6 Å². The second-order valence-electron chi connectivity index (χ2n) is 18.0. The Bertz CT molecular complexity index is 3510. The van der Waals surface area contributed by atoms with Crippen molar-refractivity contribution in [2.45, 2.75) is 75.4 Å². The van der Waals surface area contributed by atoms with Crippen molar-refractivity contribution in [3.8, 4) is 23.0 Å². The van der Waals surface area contributed by atoms with E-state index in [4.69, 9.17) is 41.1 Å². The third-order valence-electron chi connectivity index (χ3n) is 13.0. The number of aliphatic hydroxyl groups is 2. The van der Waals surface area contributed by atoms with Gasteiger partial charge in [0.1, 0.15) is 48.5 Å². The molecule has 24 heteroatoms. The average Bonchev–Trinajstić information content (AvgIpc) is 4.22. The summed E-state index contributed by atoms with van der Waals surface area (Å²) in [4.78, 5) is 81.1. The van der Waals surface area contributed by atoms with Crippen LogP contribution in [0.3, 0.4) is 0 Å². The molecule has 2 aliphatic heterocycles. The van der Waals surface area contributed by atoms with Crippen molar-refractivity contribution in [1.82, 2.24) is 44.0 Å². The molecule has 2 fully saturated rings. The lowest BCUT2D eigenvalue weighted by Gasteiger charge is -2.17. The van der Waals surface area contributed by atoms with E-state index in [0.717, 1.165) is 5.56 Å². The number of fused-ring (bicyclic) bond motifs is 2. The Kier molecular flexibility index (Phi) is 13.8. The van der Waals surface area contributed by atoms with Crippen LogP contribution in [0.5, 0.6) is 11.6 Å². The third kappa shape index (κ3) is 10.3. The maximum atomic E-state index is 13.9. The summed E-state index contributed by atoms with van der Waals surface area (Å²) < 4.78 is 27.5. The number of carbonyl (C=O) groups excluding carboxylic acids is 2. The zero-order chi connectivity index (χ0) is 52.5. The van der Waals surface area contributed by atoms with Crippen molar-refractivity contribution < 1.29 is 58.6 Å². The van der Waals surface area contributed by atoms with E-state index in [-0.39, 0.29) is 113 Å². The number of aliphatic hydroxyl groups excluding tert-OH is 2. The maximum Gasteiger partial charge on any atom is 0.336 e. The number of aromatic carboxylic acids is 2. The zero-order valence-corrected chi connectivity index (χ0v) is 39.7. The molecule has 0 amide bonds. The highest BCUT2D eigenvalue weighted by atomic mass is 16.6. The molecule has 8 aromatic rings. The minimum absolute atomic E-state index is 0.00610. The molecule has 0 unspecified atom stereocenters. The molecule has 2 aliphatic rings. The van der Waals surface area contributed by atoms with Gasteiger partial charge in [-0.2, -0.15) is 0 Å². The standard InChI is InChI=1S/C51H48N12O12/c52-34-10-5-25(15-39(34)72-20-28-18-37(66)48(74-28)62-23-58-41-43(53)56-22-57-46(41)62)6-12-36(65)33-17-27(8-9-32(33)51(70)71)45-60-44(54)42-47(61-45)63(24-59-42)49-38(67)19-29(75-49)21-73-40-16-26(13-14-55-40)7-11-35(64)30-3-1-2-4-31(30)50(68)69/h1-5,8-10,13-17,22-24,28-29,37-38,48-49,66-67H,6-7,11-12,18-21,52H2,(H,68,69)(H,70,71)(H2,53,56,57)(H2,54,60,61)/t28-,29-,37+,38+,48+,49+/m0/s1. The summed E-state index contributed by atoms with van der Waals surface area (Å²) in [5.41, 5.74) is 21.6. The van der Waals surface area contributed by atoms with Crippen molar-refractivity contribution >= 4 is 63.2 Å². The van der Waals surface area contributed by atoms with E-state index >= 15 is 0 Å². The number of pyridine rings is 1. The van der Waals surface area contributed by atoms with Crippen molar-refractivity contribution in [3.05, 3.63) is 131 Å². The smallest absolute Gasteiger partial charge is 0.336 e. The van der Waals surface area contributed by atoms with Crippen LogP contribution < -0.4 is 26.7 Å². The first-order valence-electron chi connectivity index (χ1n) is 23.6. The van der Waals surface area contributed by atoms with Gasteiger partial charge in [0.2, 0.25) is 5.88 Å². The number of imidazole rings is 2. The van der Waals surface area contributed by atoms with Crippen LogP contribution in [0.1, 0.15) is 90.7 Å². The van der Waals surface area contributed by atoms with Crippen LogP contribution >= 0.6 is 0 Å². The Morgan fingerprint density at radius 3 is 1.93 bits per heavy atom. The molecule has 0 bridgehead atoms. The first-order valence-corrected chi connectivity index (χ1v) is 23.6. The number of nitrogens with two attached hydrogens (primary N) is 3. The van der Waals surface area contributed by atoms with E-state index < -0.39 is 54.6 Å². The minimum Gasteiger partial charge on any atom is -0.489 e. The van der Waals surface area contributed by atoms with Gasteiger partial charge in [0.25, 0.3) is 0 Å². The molecule has 0 radical (unpaired) electrons. The van der Waals surface area contributed by atoms with Crippen LogP contribution in [0.4, 0.5) is 17.3 Å². The van der Waals surface area contributed by atoms with Gasteiger partial charge in [0.05, 0.1) is 41.7 Å². The number of aromatic nitrogens is 9. The maximum absolute atomic E-state index is 13.9. The van der Waals surface area contributed by atoms with Crippen molar-refractivity contribution in [1.29, 1.82) is 0 Å². The number of rotatable bonds is 19. The molecule has 0 aliphatic carbocycles. The van der Waals surface area contributed by atoms with Gasteiger partial charge in [-0.25, -0.2) is 44.5 Å². The van der Waals surface area contributed by atoms with Gasteiger partial charge < -0.3 is 56.6 Å². The summed E-state index contributed by atoms with van der Waals surface area (Å²) in [6.07, 6.45) is 1.79. The molecule has 24 nitrogen and oxygen atoms in total. The molecule has 7 heterocycles. The lowest BCUT2D eigenvalue weighted by atomic mass is 9.96. The van der Waals surface area contributed by atoms with Crippen LogP contribution in [0.15, 0.2) is 98.0 Å². The van der Waals surface area contributed by atoms with Crippen molar-refractivity contribution in [2.75, 3.05) is 30.4 Å². The summed E-state index contributed by atoms with van der Waals surface area (Å²) in [5, 5.41) is 41.7. The second kappa shape index (κ2) is 20.9. The molecule has 6 atom stereocenters. The van der Waals surface area contributed by atoms with Gasteiger partial charge in [-0.05, 0) is 60.4 Å². The number of nitrogens with zero attached hydrogens (tertiary/aromatic N) is 9. The van der Waals surface area contributed by atoms with Gasteiger partial charge in [-0.15, -0.1) is 0 Å². The molecule has 10 N–H and O–H groups in total. The fraction of sp³-hybridized carbons (Fsp3) is 0.275. The number of carboxylic acids is 2. The van der Waals surface area contributed by atoms with Crippen LogP contribution in [0, 0.1) is 0 Å². The van der Waals surface area contributed by atoms with E-state index in [2.05, 4.69) is 29.9 Å². The van der Waals surface area contributed by atoms with Crippen LogP contribution in [0.2, 0.25) is 0 Å². The molecule has 0 saturated carbocycles. The number of ether oxygens (including phenoxy) is 4. The lowest BCUT2D eigenvalue weighted by molar-refractivity contribution is -0.0461. The molecule has 384 valence electrons. The highest BCUT2D eigenvalue weighted by Crippen LogP contribution is 2.35. The van der Waals surface area contributed by atoms with Gasteiger partial charge in [-0.3, -0.25) is 18.7 Å². The van der Waals surface area contributed by atoms with E-state index in [1.165, 1.54) is 60.1 Å². The molecule has 75 heavy (non-hydrogen) atoms. The van der Waals surface area contributed by atoms with Gasteiger partial charge in [0, 0.05) is 54.6 Å². The van der Waals surface area contributed by atoms with Gasteiger partial charge in [-0.1, -0.05) is 30.3 Å². The van der Waals surface area contributed by atoms with E-state index in [9.17, 15) is 39.6 Å². The number of hydrogen-bond donors (Lipinski definition) is 7. The van der Waals surface area contributed by atoms with Crippen molar-refractivity contribution in [2.24, 2.45) is 0 Å². The summed E-state index contributed by atoms with van der Waals surface area (Å²) in [6, 6.07) is 18.7. The molecule has 3 aromatic carbocycles. The Labute approximate surface area is 424 Å². The normalized spacial score (nSPS) is 19.4. The number of aryl methyl sites for hydroxylation is 2. The number of Topliss-reactive ketones (excluding diaryl/α,β-unsaturated/α-hetero) is 2. The lowest BCUT2D eigenvalue weighted by Crippen LogP contribution is -2.20. The predicted molar refractivity (Wildman–Crippen MR) is 266 cm³/mol. The number of carbonyl (C=O) groups is 4. The van der Waals surface area contributed by atoms with E-state index in [1.807, 2.05) is 0 Å². The highest BCUT2D eigenvalue weighted by molar-refractivity contribution is 6.07. The Balaban J connectivity index is 0.778. The first-order chi connectivity index (χ1) is 36.2. The largest absolute Gasteiger partial charge is 0.489 e. The SMILES string of the molecule is Nc1ccc(CCC(=O)c2cc(-c3nc(N)c4ncn([C@@H]5O[C@H](COc6cc(CCC(=O)c7ccccc7C(=O)O)ccn6)C[C@H]5O)c4n3)ccc2C(=O)O)cc1OC[C@@H]1C[C@@H](O)[C@H](n2cnc3c(N)ncnc32)O1. The fourth-order valence-corrected chi connectivity index (χ4v) is 9.19. The topological polar surface area (TPSA) is 364 Å².